The van der Waals surface area contributed by atoms with Gasteiger partial charge in [-0.05, 0) is 49.2 Å². The van der Waals surface area contributed by atoms with Crippen molar-refractivity contribution in [1.29, 1.82) is 0 Å². The second-order valence-corrected chi connectivity index (χ2v) is 10.6. The molecular weight excluding hydrogens is 472 g/mol. The average molecular weight is 488 g/mol. The van der Waals surface area contributed by atoms with E-state index < -0.39 is 15.8 Å². The van der Waals surface area contributed by atoms with Crippen LogP contribution in [0.25, 0.3) is 10.2 Å². The predicted molar refractivity (Wildman–Crippen MR) is 116 cm³/mol. The van der Waals surface area contributed by atoms with Crippen molar-refractivity contribution in [2.24, 2.45) is 5.92 Å². The van der Waals surface area contributed by atoms with Gasteiger partial charge < -0.3 is 5.32 Å². The van der Waals surface area contributed by atoms with Crippen LogP contribution in [0.15, 0.2) is 41.3 Å². The van der Waals surface area contributed by atoms with Crippen molar-refractivity contribution in [3.63, 3.8) is 0 Å². The van der Waals surface area contributed by atoms with E-state index in [9.17, 15) is 17.6 Å². The summed E-state index contributed by atoms with van der Waals surface area (Å²) in [7, 11) is -3.72. The van der Waals surface area contributed by atoms with Crippen LogP contribution in [0, 0.1) is 11.7 Å². The van der Waals surface area contributed by atoms with Crippen LogP contribution in [0.5, 0.6) is 0 Å². The Morgan fingerprint density at radius 2 is 1.73 bits per heavy atom. The highest BCUT2D eigenvalue weighted by Gasteiger charge is 2.32. The maximum atomic E-state index is 13.1. The van der Waals surface area contributed by atoms with E-state index in [2.05, 4.69) is 10.3 Å². The van der Waals surface area contributed by atoms with E-state index in [-0.39, 0.29) is 29.8 Å². The highest BCUT2D eigenvalue weighted by atomic mass is 35.5. The normalized spacial score (nSPS) is 16.1. The number of nitrogens with zero attached hydrogens (tertiary/aromatic N) is 2. The number of thiazole rings is 1. The smallest absolute Gasteiger partial charge is 0.243 e. The van der Waals surface area contributed by atoms with Gasteiger partial charge >= 0.3 is 0 Å². The van der Waals surface area contributed by atoms with Gasteiger partial charge in [-0.15, -0.1) is 0 Å². The molecule has 0 aliphatic carbocycles. The lowest BCUT2D eigenvalue weighted by Crippen LogP contribution is -2.41. The minimum Gasteiger partial charge on any atom is -0.302 e. The van der Waals surface area contributed by atoms with Crippen molar-refractivity contribution in [2.45, 2.75) is 17.7 Å². The molecule has 2 aromatic carbocycles. The van der Waals surface area contributed by atoms with Crippen molar-refractivity contribution in [3.8, 4) is 0 Å². The molecule has 0 saturated carbocycles. The lowest BCUT2D eigenvalue weighted by atomic mass is 9.97. The lowest BCUT2D eigenvalue weighted by molar-refractivity contribution is -0.120. The summed E-state index contributed by atoms with van der Waals surface area (Å²) in [5.41, 5.74) is 0.532. The van der Waals surface area contributed by atoms with Crippen LogP contribution in [-0.2, 0) is 14.8 Å². The summed E-state index contributed by atoms with van der Waals surface area (Å²) in [6, 6.07) is 8.04. The Bertz CT molecular complexity index is 1170. The summed E-state index contributed by atoms with van der Waals surface area (Å²) in [5, 5.41) is 4.14. The Morgan fingerprint density at radius 3 is 2.37 bits per heavy atom. The molecule has 1 aliphatic rings. The number of nitrogens with one attached hydrogen (secondary N) is 1. The Labute approximate surface area is 186 Å². The third-order valence-corrected chi connectivity index (χ3v) is 8.60. The number of rotatable bonds is 4. The van der Waals surface area contributed by atoms with Crippen LogP contribution in [0.3, 0.4) is 0 Å². The molecule has 0 atom stereocenters. The third kappa shape index (κ3) is 4.17. The molecule has 0 bridgehead atoms. The number of benzene rings is 2. The third-order valence-electron chi connectivity index (χ3n) is 4.95. The monoisotopic (exact) mass is 487 g/mol. The van der Waals surface area contributed by atoms with Gasteiger partial charge in [-0.25, -0.2) is 17.8 Å². The molecule has 0 unspecified atom stereocenters. The van der Waals surface area contributed by atoms with Crippen LogP contribution in [0.1, 0.15) is 12.8 Å². The van der Waals surface area contributed by atoms with Crippen molar-refractivity contribution < 1.29 is 17.6 Å². The number of fused-ring (bicyclic) bond motifs is 1. The first-order valence-electron chi connectivity index (χ1n) is 9.07. The predicted octanol–water partition coefficient (Wildman–Crippen LogP) is 4.78. The second-order valence-electron chi connectivity index (χ2n) is 6.85. The topological polar surface area (TPSA) is 79.4 Å². The zero-order valence-electron chi connectivity index (χ0n) is 15.4. The van der Waals surface area contributed by atoms with Gasteiger partial charge in [0.1, 0.15) is 11.3 Å². The molecule has 1 aliphatic heterocycles. The van der Waals surface area contributed by atoms with Crippen molar-refractivity contribution >= 4 is 65.8 Å². The van der Waals surface area contributed by atoms with Gasteiger partial charge in [0.05, 0.1) is 19.6 Å². The molecule has 30 heavy (non-hydrogen) atoms. The molecule has 6 nitrogen and oxygen atoms in total. The summed E-state index contributed by atoms with van der Waals surface area (Å²) in [5.74, 6) is -1.07. The molecule has 158 valence electrons. The van der Waals surface area contributed by atoms with Gasteiger partial charge in [-0.3, -0.25) is 4.79 Å². The van der Waals surface area contributed by atoms with E-state index in [0.29, 0.717) is 38.2 Å². The minimum absolute atomic E-state index is 0.0371. The Kier molecular flexibility index (Phi) is 6.00. The zero-order valence-corrected chi connectivity index (χ0v) is 18.6. The molecule has 0 spiro atoms. The summed E-state index contributed by atoms with van der Waals surface area (Å²) < 4.78 is 40.5. The van der Waals surface area contributed by atoms with E-state index in [4.69, 9.17) is 23.2 Å². The van der Waals surface area contributed by atoms with Crippen LogP contribution < -0.4 is 5.32 Å². The Hall–Kier alpha value is -1.78. The van der Waals surface area contributed by atoms with Gasteiger partial charge in [-0.2, -0.15) is 4.31 Å². The van der Waals surface area contributed by atoms with Gasteiger partial charge in [0.25, 0.3) is 0 Å². The number of sulfonamides is 1. The summed E-state index contributed by atoms with van der Waals surface area (Å²) in [6.45, 7) is 0.407. The van der Waals surface area contributed by atoms with Crippen molar-refractivity contribution in [1.82, 2.24) is 9.29 Å². The molecule has 1 saturated heterocycles. The zero-order chi connectivity index (χ0) is 21.5. The fourth-order valence-corrected chi connectivity index (χ4v) is 6.21. The largest absolute Gasteiger partial charge is 0.302 e. The van der Waals surface area contributed by atoms with E-state index >= 15 is 0 Å². The maximum absolute atomic E-state index is 13.1. The molecule has 1 N–H and O–H groups in total. The Balaban J connectivity index is 1.42. The lowest BCUT2D eigenvalue weighted by Gasteiger charge is -2.30. The molecule has 4 rings (SSSR count). The van der Waals surface area contributed by atoms with E-state index in [1.807, 2.05) is 0 Å². The quantitative estimate of drug-likeness (QED) is 0.573. The van der Waals surface area contributed by atoms with Crippen LogP contribution in [-0.4, -0.2) is 36.7 Å². The van der Waals surface area contributed by atoms with E-state index in [1.165, 1.54) is 27.8 Å². The molecule has 1 amide bonds. The number of carbonyl (C=O) groups excluding carboxylic acids is 1. The van der Waals surface area contributed by atoms with E-state index in [0.717, 1.165) is 12.1 Å². The standard InChI is InChI=1S/C19H16Cl2FN3O3S2/c20-14-5-6-15(21)17-16(14)23-19(29-17)24-18(26)11-7-9-25(10-8-11)30(27,28)13-3-1-12(22)2-4-13/h1-6,11H,7-10H2,(H,23,24,26). The minimum atomic E-state index is -3.72. The molecule has 0 radical (unpaired) electrons. The second kappa shape index (κ2) is 8.39. The number of hydrogen-bond donors (Lipinski definition) is 1. The SMILES string of the molecule is O=C(Nc1nc2c(Cl)ccc(Cl)c2s1)C1CCN(S(=O)(=O)c2ccc(F)cc2)CC1. The first-order chi connectivity index (χ1) is 14.3. The first kappa shape index (κ1) is 21.5. The van der Waals surface area contributed by atoms with Gasteiger partial charge in [-0.1, -0.05) is 34.5 Å². The number of piperidine rings is 1. The first-order valence-corrected chi connectivity index (χ1v) is 12.1. The number of hydrogen-bond acceptors (Lipinski definition) is 5. The molecule has 1 aromatic heterocycles. The molecule has 1 fully saturated rings. The number of anilines is 1. The Morgan fingerprint density at radius 1 is 1.10 bits per heavy atom. The van der Waals surface area contributed by atoms with Gasteiger partial charge in [0.2, 0.25) is 15.9 Å². The van der Waals surface area contributed by atoms with Crippen LogP contribution in [0.2, 0.25) is 10.0 Å². The number of amides is 1. The summed E-state index contributed by atoms with van der Waals surface area (Å²) in [6.07, 6.45) is 0.747. The highest BCUT2D eigenvalue weighted by Crippen LogP contribution is 2.36. The summed E-state index contributed by atoms with van der Waals surface area (Å²) >= 11 is 13.5. The number of halogens is 3. The van der Waals surface area contributed by atoms with Crippen LogP contribution >= 0.6 is 34.5 Å². The summed E-state index contributed by atoms with van der Waals surface area (Å²) in [4.78, 5) is 17.0. The molecule has 11 heteroatoms. The average Bonchev–Trinajstić information content (AvgIpc) is 3.16. The molecule has 3 aromatic rings. The number of carbonyl (C=O) groups is 1. The highest BCUT2D eigenvalue weighted by molar-refractivity contribution is 7.89. The fraction of sp³-hybridized carbons (Fsp3) is 0.263. The van der Waals surface area contributed by atoms with Crippen molar-refractivity contribution in [3.05, 3.63) is 52.3 Å². The molecular formula is C19H16Cl2FN3O3S2. The van der Waals surface area contributed by atoms with Gasteiger partial charge in [0.15, 0.2) is 5.13 Å². The van der Waals surface area contributed by atoms with Gasteiger partial charge in [0, 0.05) is 19.0 Å². The number of aromatic nitrogens is 1. The molecule has 2 heterocycles. The maximum Gasteiger partial charge on any atom is 0.243 e. The van der Waals surface area contributed by atoms with E-state index in [1.54, 1.807) is 12.1 Å². The fourth-order valence-electron chi connectivity index (χ4n) is 3.32. The van der Waals surface area contributed by atoms with Crippen molar-refractivity contribution in [2.75, 3.05) is 18.4 Å². The van der Waals surface area contributed by atoms with Crippen LogP contribution in [0.4, 0.5) is 9.52 Å².